The fourth-order valence-corrected chi connectivity index (χ4v) is 2.08. The molecule has 0 saturated heterocycles. The van der Waals surface area contributed by atoms with E-state index in [-0.39, 0.29) is 5.97 Å². The van der Waals surface area contributed by atoms with Gasteiger partial charge in [0.15, 0.2) is 0 Å². The fourth-order valence-electron chi connectivity index (χ4n) is 2.08. The first-order valence-corrected chi connectivity index (χ1v) is 6.54. The molecule has 0 bridgehead atoms. The van der Waals surface area contributed by atoms with Gasteiger partial charge in [0.25, 0.3) is 0 Å². The van der Waals surface area contributed by atoms with E-state index in [0.717, 1.165) is 5.69 Å². The number of nitrogens with zero attached hydrogens (tertiary/aromatic N) is 1. The topological polar surface area (TPSA) is 57.0 Å². The molecule has 0 spiro atoms. The molecule has 0 aliphatic carbocycles. The van der Waals surface area contributed by atoms with Gasteiger partial charge >= 0.3 is 11.9 Å². The number of pyridine rings is 1. The van der Waals surface area contributed by atoms with Crippen molar-refractivity contribution in [2.75, 3.05) is 13.2 Å². The van der Waals surface area contributed by atoms with E-state index in [1.165, 1.54) is 0 Å². The zero-order valence-corrected chi connectivity index (χ0v) is 11.8. The third-order valence-corrected chi connectivity index (χ3v) is 2.97. The van der Waals surface area contributed by atoms with Crippen molar-refractivity contribution in [2.24, 2.45) is 0 Å². The Balaban J connectivity index is 2.51. The molecule has 0 aliphatic rings. The molecule has 0 fully saturated rings. The van der Waals surface area contributed by atoms with Gasteiger partial charge in [-0.15, -0.1) is 0 Å². The number of rotatable bonds is 4. The molecule has 0 unspecified atom stereocenters. The molecule has 0 atom stereocenters. The predicted molar refractivity (Wildman–Crippen MR) is 74.0 cm³/mol. The summed E-state index contributed by atoms with van der Waals surface area (Å²) in [6.07, 6.45) is 1.75. The minimum absolute atomic E-state index is 0.312. The van der Waals surface area contributed by atoms with Crippen molar-refractivity contribution >= 4 is 17.5 Å². The lowest BCUT2D eigenvalue weighted by atomic mass is 10.2. The molecule has 0 radical (unpaired) electrons. The summed E-state index contributed by atoms with van der Waals surface area (Å²) in [5.41, 5.74) is 2.42. The third kappa shape index (κ3) is 2.52. The second kappa shape index (κ2) is 5.77. The monoisotopic (exact) mass is 275 g/mol. The summed E-state index contributed by atoms with van der Waals surface area (Å²) in [6.45, 7) is 6.02. The molecule has 0 amide bonds. The Morgan fingerprint density at radius 2 is 1.75 bits per heavy atom. The molecule has 5 nitrogen and oxygen atoms in total. The first kappa shape index (κ1) is 14.1. The Hall–Kier alpha value is -2.30. The van der Waals surface area contributed by atoms with Gasteiger partial charge < -0.3 is 13.9 Å². The molecule has 2 aromatic heterocycles. The molecule has 106 valence electrons. The number of carbonyl (C=O) groups is 2. The van der Waals surface area contributed by atoms with Crippen molar-refractivity contribution in [3.63, 3.8) is 0 Å². The molecule has 0 saturated carbocycles. The van der Waals surface area contributed by atoms with Crippen molar-refractivity contribution in [1.82, 2.24) is 4.40 Å². The number of hydrogen-bond donors (Lipinski definition) is 0. The number of aromatic nitrogens is 1. The van der Waals surface area contributed by atoms with Crippen LogP contribution in [0.1, 0.15) is 40.3 Å². The zero-order chi connectivity index (χ0) is 14.7. The molecule has 0 N–H and O–H groups in total. The lowest BCUT2D eigenvalue weighted by molar-refractivity contribution is 0.0515. The number of fused-ring (bicyclic) bond motifs is 1. The lowest BCUT2D eigenvalue weighted by Crippen LogP contribution is -2.07. The number of aryl methyl sites for hydroxylation is 1. The number of ether oxygens (including phenoxy) is 2. The van der Waals surface area contributed by atoms with Crippen molar-refractivity contribution in [1.29, 1.82) is 0 Å². The quantitative estimate of drug-likeness (QED) is 0.805. The van der Waals surface area contributed by atoms with Gasteiger partial charge in [0.05, 0.1) is 29.9 Å². The first-order valence-electron chi connectivity index (χ1n) is 6.54. The SMILES string of the molecule is CCOC(=O)c1ccn2c(C)cc(C(=O)OCC)c2c1. The standard InChI is InChI=1S/C15H17NO4/c1-4-19-14(17)11-6-7-16-10(3)8-12(13(16)9-11)15(18)20-5-2/h6-9H,4-5H2,1-3H3. The highest BCUT2D eigenvalue weighted by molar-refractivity contribution is 5.99. The summed E-state index contributed by atoms with van der Waals surface area (Å²) in [7, 11) is 0. The molecule has 2 heterocycles. The molecule has 5 heteroatoms. The predicted octanol–water partition coefficient (Wildman–Crippen LogP) is 2.60. The Kier molecular flexibility index (Phi) is 4.08. The maximum absolute atomic E-state index is 11.9. The minimum atomic E-state index is -0.399. The van der Waals surface area contributed by atoms with Crippen molar-refractivity contribution < 1.29 is 19.1 Å². The first-order chi connectivity index (χ1) is 9.58. The summed E-state index contributed by atoms with van der Waals surface area (Å²) in [4.78, 5) is 23.7. The van der Waals surface area contributed by atoms with Gasteiger partial charge in [-0.05, 0) is 39.0 Å². The maximum atomic E-state index is 11.9. The summed E-state index contributed by atoms with van der Waals surface area (Å²) >= 11 is 0. The van der Waals surface area contributed by atoms with E-state index in [4.69, 9.17) is 9.47 Å². The summed E-state index contributed by atoms with van der Waals surface area (Å²) in [5.74, 6) is -0.789. The number of carbonyl (C=O) groups excluding carboxylic acids is 2. The maximum Gasteiger partial charge on any atom is 0.340 e. The van der Waals surface area contributed by atoms with E-state index >= 15 is 0 Å². The average Bonchev–Trinajstić information content (AvgIpc) is 2.76. The molecule has 20 heavy (non-hydrogen) atoms. The van der Waals surface area contributed by atoms with Crippen LogP contribution in [0, 0.1) is 6.92 Å². The van der Waals surface area contributed by atoms with Gasteiger partial charge in [-0.2, -0.15) is 0 Å². The Morgan fingerprint density at radius 3 is 2.40 bits per heavy atom. The van der Waals surface area contributed by atoms with Crippen molar-refractivity contribution in [2.45, 2.75) is 20.8 Å². The van der Waals surface area contributed by atoms with Gasteiger partial charge in [0, 0.05) is 11.9 Å². The van der Waals surface area contributed by atoms with Gasteiger partial charge in [-0.3, -0.25) is 0 Å². The molecule has 2 rings (SSSR count). The highest BCUT2D eigenvalue weighted by Crippen LogP contribution is 2.19. The summed E-state index contributed by atoms with van der Waals surface area (Å²) in [6, 6.07) is 5.08. The zero-order valence-electron chi connectivity index (χ0n) is 11.8. The van der Waals surface area contributed by atoms with E-state index < -0.39 is 5.97 Å². The van der Waals surface area contributed by atoms with Crippen LogP contribution in [0.15, 0.2) is 24.4 Å². The minimum Gasteiger partial charge on any atom is -0.462 e. The van der Waals surface area contributed by atoms with Crippen LogP contribution in [0.4, 0.5) is 0 Å². The number of hydrogen-bond acceptors (Lipinski definition) is 4. The lowest BCUT2D eigenvalue weighted by Gasteiger charge is -2.05. The molecule has 0 aromatic carbocycles. The largest absolute Gasteiger partial charge is 0.462 e. The fraction of sp³-hybridized carbons (Fsp3) is 0.333. The Bertz CT molecular complexity index is 657. The number of esters is 2. The van der Waals surface area contributed by atoms with Crippen LogP contribution in [0.25, 0.3) is 5.52 Å². The van der Waals surface area contributed by atoms with E-state index in [2.05, 4.69) is 0 Å². The van der Waals surface area contributed by atoms with Gasteiger partial charge in [-0.25, -0.2) is 9.59 Å². The van der Waals surface area contributed by atoms with Gasteiger partial charge in [0.2, 0.25) is 0 Å². The molecular weight excluding hydrogens is 258 g/mol. The third-order valence-electron chi connectivity index (χ3n) is 2.97. The van der Waals surface area contributed by atoms with Crippen LogP contribution in [0.3, 0.4) is 0 Å². The molecule has 2 aromatic rings. The molecular formula is C15H17NO4. The van der Waals surface area contributed by atoms with E-state index in [1.54, 1.807) is 38.2 Å². The van der Waals surface area contributed by atoms with E-state index in [1.807, 2.05) is 11.3 Å². The van der Waals surface area contributed by atoms with Crippen LogP contribution < -0.4 is 0 Å². The van der Waals surface area contributed by atoms with Gasteiger partial charge in [0.1, 0.15) is 0 Å². The molecule has 0 aliphatic heterocycles. The average molecular weight is 275 g/mol. The van der Waals surface area contributed by atoms with E-state index in [9.17, 15) is 9.59 Å². The Labute approximate surface area is 117 Å². The van der Waals surface area contributed by atoms with Crippen LogP contribution in [-0.2, 0) is 9.47 Å². The van der Waals surface area contributed by atoms with Gasteiger partial charge in [-0.1, -0.05) is 0 Å². The van der Waals surface area contributed by atoms with Crippen molar-refractivity contribution in [3.05, 3.63) is 41.2 Å². The second-order valence-corrected chi connectivity index (χ2v) is 4.31. The summed E-state index contributed by atoms with van der Waals surface area (Å²) in [5, 5.41) is 0. The smallest absolute Gasteiger partial charge is 0.340 e. The summed E-state index contributed by atoms with van der Waals surface area (Å²) < 4.78 is 11.8. The van der Waals surface area contributed by atoms with Crippen molar-refractivity contribution in [3.8, 4) is 0 Å². The van der Waals surface area contributed by atoms with Crippen LogP contribution >= 0.6 is 0 Å². The highest BCUT2D eigenvalue weighted by atomic mass is 16.5. The van der Waals surface area contributed by atoms with Crippen LogP contribution in [0.2, 0.25) is 0 Å². The highest BCUT2D eigenvalue weighted by Gasteiger charge is 2.17. The Morgan fingerprint density at radius 1 is 1.10 bits per heavy atom. The van der Waals surface area contributed by atoms with E-state index in [0.29, 0.717) is 29.9 Å². The second-order valence-electron chi connectivity index (χ2n) is 4.31. The van der Waals surface area contributed by atoms with Crippen LogP contribution in [-0.4, -0.2) is 29.6 Å². The van der Waals surface area contributed by atoms with Crippen LogP contribution in [0.5, 0.6) is 0 Å². The normalized spacial score (nSPS) is 10.6.